The van der Waals surface area contributed by atoms with Crippen molar-refractivity contribution >= 4 is 5.78 Å². The van der Waals surface area contributed by atoms with Crippen LogP contribution >= 0.6 is 0 Å². The van der Waals surface area contributed by atoms with Crippen LogP contribution in [0.3, 0.4) is 0 Å². The summed E-state index contributed by atoms with van der Waals surface area (Å²) in [4.78, 5) is 10.8. The van der Waals surface area contributed by atoms with Gasteiger partial charge in [-0.15, -0.1) is 0 Å². The number of ketones is 1. The number of aliphatic hydroxyl groups excluding tert-OH is 2. The smallest absolute Gasteiger partial charge is 0.132 e. The van der Waals surface area contributed by atoms with E-state index in [1.165, 1.54) is 6.92 Å². The molecule has 4 heteroatoms. The predicted octanol–water partition coefficient (Wildman–Crippen LogP) is -0.134. The molecular weight excluding hydrogens is 172 g/mol. The molecule has 3 atom stereocenters. The topological polar surface area (TPSA) is 66.8 Å². The van der Waals surface area contributed by atoms with Gasteiger partial charge < -0.3 is 14.9 Å². The lowest BCUT2D eigenvalue weighted by Crippen LogP contribution is -2.38. The van der Waals surface area contributed by atoms with E-state index in [1.54, 1.807) is 0 Å². The lowest BCUT2D eigenvalue weighted by Gasteiger charge is -2.31. The van der Waals surface area contributed by atoms with Crippen molar-refractivity contribution in [2.45, 2.75) is 44.5 Å². The Morgan fingerprint density at radius 2 is 2.08 bits per heavy atom. The molecule has 3 unspecified atom stereocenters. The van der Waals surface area contributed by atoms with Crippen LogP contribution < -0.4 is 0 Å². The maximum atomic E-state index is 10.8. The quantitative estimate of drug-likeness (QED) is 0.647. The zero-order chi connectivity index (χ0) is 9.84. The normalized spacial score (nSPS) is 34.5. The van der Waals surface area contributed by atoms with Crippen molar-refractivity contribution in [3.63, 3.8) is 0 Å². The molecule has 13 heavy (non-hydrogen) atoms. The molecule has 1 aliphatic rings. The van der Waals surface area contributed by atoms with E-state index in [2.05, 4.69) is 0 Å². The van der Waals surface area contributed by atoms with Crippen LogP contribution in [-0.2, 0) is 9.53 Å². The van der Waals surface area contributed by atoms with Crippen molar-refractivity contribution < 1.29 is 19.7 Å². The number of hydrogen-bond acceptors (Lipinski definition) is 4. The van der Waals surface area contributed by atoms with E-state index in [0.717, 1.165) is 0 Å². The molecule has 76 valence electrons. The van der Waals surface area contributed by atoms with Crippen LogP contribution in [0.15, 0.2) is 0 Å². The average molecular weight is 188 g/mol. The molecule has 0 bridgehead atoms. The first-order chi connectivity index (χ1) is 6.11. The summed E-state index contributed by atoms with van der Waals surface area (Å²) in [5.41, 5.74) is 0. The van der Waals surface area contributed by atoms with Crippen LogP contribution in [0.25, 0.3) is 0 Å². The van der Waals surface area contributed by atoms with Gasteiger partial charge in [0.1, 0.15) is 5.78 Å². The third-order valence-corrected chi connectivity index (χ3v) is 2.17. The van der Waals surface area contributed by atoms with Gasteiger partial charge >= 0.3 is 0 Å². The fraction of sp³-hybridized carbons (Fsp3) is 0.889. The summed E-state index contributed by atoms with van der Waals surface area (Å²) in [7, 11) is 0. The van der Waals surface area contributed by atoms with E-state index in [1.807, 2.05) is 0 Å². The van der Waals surface area contributed by atoms with Crippen LogP contribution in [0, 0.1) is 0 Å². The minimum atomic E-state index is -0.449. The van der Waals surface area contributed by atoms with Gasteiger partial charge in [0.05, 0.1) is 24.9 Å². The van der Waals surface area contributed by atoms with Crippen molar-refractivity contribution in [1.82, 2.24) is 0 Å². The number of rotatable bonds is 3. The lowest BCUT2D eigenvalue weighted by atomic mass is 9.98. The summed E-state index contributed by atoms with van der Waals surface area (Å²) in [6.45, 7) is 1.41. The van der Waals surface area contributed by atoms with Crippen LogP contribution in [0.2, 0.25) is 0 Å². The van der Waals surface area contributed by atoms with Gasteiger partial charge in [0.15, 0.2) is 0 Å². The highest BCUT2D eigenvalue weighted by atomic mass is 16.5. The molecule has 1 fully saturated rings. The van der Waals surface area contributed by atoms with E-state index in [-0.39, 0.29) is 24.6 Å². The highest BCUT2D eigenvalue weighted by Crippen LogP contribution is 2.21. The van der Waals surface area contributed by atoms with Crippen molar-refractivity contribution in [2.24, 2.45) is 0 Å². The monoisotopic (exact) mass is 188 g/mol. The summed E-state index contributed by atoms with van der Waals surface area (Å²) in [6, 6.07) is 0. The van der Waals surface area contributed by atoms with Crippen molar-refractivity contribution in [1.29, 1.82) is 0 Å². The minimum Gasteiger partial charge on any atom is -0.394 e. The molecule has 0 saturated carbocycles. The molecular formula is C9H16O4. The molecule has 0 amide bonds. The van der Waals surface area contributed by atoms with Gasteiger partial charge in [-0.2, -0.15) is 0 Å². The Hall–Kier alpha value is -0.450. The van der Waals surface area contributed by atoms with E-state index in [4.69, 9.17) is 9.84 Å². The molecule has 1 heterocycles. The Kier molecular flexibility index (Phi) is 3.84. The number of ether oxygens (including phenoxy) is 1. The standard InChI is InChI=1S/C9H16O4/c1-6(11)2-8-3-7(12)4-9(5-10)13-8/h7-10,12H,2-5H2,1H3. The first kappa shape index (κ1) is 10.6. The predicted molar refractivity (Wildman–Crippen MR) is 46.3 cm³/mol. The first-order valence-electron chi connectivity index (χ1n) is 4.55. The number of carbonyl (C=O) groups excluding carboxylic acids is 1. The summed E-state index contributed by atoms with van der Waals surface area (Å²) in [5, 5.41) is 18.2. The first-order valence-corrected chi connectivity index (χ1v) is 4.55. The van der Waals surface area contributed by atoms with Crippen LogP contribution in [0.5, 0.6) is 0 Å². The van der Waals surface area contributed by atoms with Gasteiger partial charge in [-0.25, -0.2) is 0 Å². The molecule has 0 aromatic rings. The van der Waals surface area contributed by atoms with E-state index >= 15 is 0 Å². The van der Waals surface area contributed by atoms with Crippen LogP contribution in [0.1, 0.15) is 26.2 Å². The van der Waals surface area contributed by atoms with Gasteiger partial charge in [-0.1, -0.05) is 0 Å². The second-order valence-electron chi connectivity index (χ2n) is 3.59. The second-order valence-corrected chi connectivity index (χ2v) is 3.59. The molecule has 0 aromatic carbocycles. The molecule has 0 radical (unpaired) electrons. The van der Waals surface area contributed by atoms with Gasteiger partial charge in [0.25, 0.3) is 0 Å². The molecule has 1 aliphatic heterocycles. The van der Waals surface area contributed by atoms with Crippen molar-refractivity contribution in [2.75, 3.05) is 6.61 Å². The van der Waals surface area contributed by atoms with Gasteiger partial charge in [-0.3, -0.25) is 4.79 Å². The van der Waals surface area contributed by atoms with Crippen LogP contribution in [-0.4, -0.2) is 40.9 Å². The maximum absolute atomic E-state index is 10.8. The van der Waals surface area contributed by atoms with E-state index in [9.17, 15) is 9.90 Å². The number of Topliss-reactive ketones (excluding diaryl/α,β-unsaturated/α-hetero) is 1. The number of hydrogen-bond donors (Lipinski definition) is 2. The highest BCUT2D eigenvalue weighted by Gasteiger charge is 2.28. The zero-order valence-corrected chi connectivity index (χ0v) is 7.77. The fourth-order valence-electron chi connectivity index (χ4n) is 1.66. The minimum absolute atomic E-state index is 0.0517. The molecule has 2 N–H and O–H groups in total. The second kappa shape index (κ2) is 4.69. The van der Waals surface area contributed by atoms with Crippen molar-refractivity contribution in [3.05, 3.63) is 0 Å². The fourth-order valence-corrected chi connectivity index (χ4v) is 1.66. The Morgan fingerprint density at radius 1 is 1.46 bits per heavy atom. The third kappa shape index (κ3) is 3.42. The molecule has 4 nitrogen and oxygen atoms in total. The Bertz CT molecular complexity index is 180. The van der Waals surface area contributed by atoms with Gasteiger partial charge in [0, 0.05) is 19.3 Å². The summed E-state index contributed by atoms with van der Waals surface area (Å²) >= 11 is 0. The SMILES string of the molecule is CC(=O)CC1CC(O)CC(CO)O1. The molecule has 1 saturated heterocycles. The molecule has 0 spiro atoms. The Balaban J connectivity index is 2.42. The summed E-state index contributed by atoms with van der Waals surface area (Å²) in [6.07, 6.45) is 0.302. The number of carbonyl (C=O) groups is 1. The Labute approximate surface area is 77.5 Å². The maximum Gasteiger partial charge on any atom is 0.132 e. The molecule has 1 rings (SSSR count). The highest BCUT2D eigenvalue weighted by molar-refractivity contribution is 5.75. The molecule has 0 aliphatic carbocycles. The van der Waals surface area contributed by atoms with Gasteiger partial charge in [-0.05, 0) is 6.92 Å². The molecule has 0 aromatic heterocycles. The van der Waals surface area contributed by atoms with Crippen LogP contribution in [0.4, 0.5) is 0 Å². The largest absolute Gasteiger partial charge is 0.394 e. The summed E-state index contributed by atoms with van der Waals surface area (Å²) < 4.78 is 5.39. The Morgan fingerprint density at radius 3 is 2.62 bits per heavy atom. The zero-order valence-electron chi connectivity index (χ0n) is 7.77. The van der Waals surface area contributed by atoms with E-state index < -0.39 is 6.10 Å². The average Bonchev–Trinajstić information content (AvgIpc) is 2.01. The van der Waals surface area contributed by atoms with E-state index in [0.29, 0.717) is 19.3 Å². The lowest BCUT2D eigenvalue weighted by molar-refractivity contribution is -0.133. The number of aliphatic hydroxyl groups is 2. The summed E-state index contributed by atoms with van der Waals surface area (Å²) in [5.74, 6) is 0.0517. The third-order valence-electron chi connectivity index (χ3n) is 2.17. The van der Waals surface area contributed by atoms with Gasteiger partial charge in [0.2, 0.25) is 0 Å². The van der Waals surface area contributed by atoms with Crippen molar-refractivity contribution in [3.8, 4) is 0 Å².